The molecule has 0 aromatic heterocycles. The summed E-state index contributed by atoms with van der Waals surface area (Å²) in [6, 6.07) is 1.03. The second-order valence-electron chi connectivity index (χ2n) is 6.12. The first-order chi connectivity index (χ1) is 10.2. The minimum absolute atomic E-state index is 0.275. The Kier molecular flexibility index (Phi) is 2.58. The average Bonchev–Trinajstić information content (AvgIpc) is 2.81. The summed E-state index contributed by atoms with van der Waals surface area (Å²) in [4.78, 5) is 2.49. The summed E-state index contributed by atoms with van der Waals surface area (Å²) >= 11 is 0. The van der Waals surface area contributed by atoms with Crippen LogP contribution in [0.25, 0.3) is 0 Å². The molecule has 0 bridgehead atoms. The van der Waals surface area contributed by atoms with E-state index in [9.17, 15) is 0 Å². The average molecular weight is 278 g/mol. The Labute approximate surface area is 125 Å². The van der Waals surface area contributed by atoms with Gasteiger partial charge in [0, 0.05) is 17.3 Å². The summed E-state index contributed by atoms with van der Waals surface area (Å²) in [7, 11) is 0. The number of hydrogen-bond donors (Lipinski definition) is 1. The number of nitrogens with two attached hydrogens (primary N) is 1. The van der Waals surface area contributed by atoms with E-state index in [4.69, 9.17) is 5.73 Å². The highest BCUT2D eigenvalue weighted by molar-refractivity contribution is 6.00. The number of allylic oxidation sites excluding steroid dienone is 5. The summed E-state index contributed by atoms with van der Waals surface area (Å²) in [5.41, 5.74) is 9.41. The van der Waals surface area contributed by atoms with Crippen molar-refractivity contribution in [2.75, 3.05) is 0 Å². The summed E-state index contributed by atoms with van der Waals surface area (Å²) < 4.78 is 2.44. The van der Waals surface area contributed by atoms with E-state index in [2.05, 4.69) is 71.9 Å². The van der Waals surface area contributed by atoms with Gasteiger partial charge in [-0.05, 0) is 50.3 Å². The molecule has 2 heterocycles. The number of rotatable bonds is 1. The van der Waals surface area contributed by atoms with E-state index in [0.29, 0.717) is 12.1 Å². The van der Waals surface area contributed by atoms with Crippen LogP contribution in [0.3, 0.4) is 0 Å². The van der Waals surface area contributed by atoms with Crippen LogP contribution in [0.4, 0.5) is 0 Å². The molecule has 4 rings (SSSR count). The van der Waals surface area contributed by atoms with E-state index in [0.717, 1.165) is 5.70 Å². The zero-order valence-corrected chi connectivity index (χ0v) is 12.4. The first-order valence-electron chi connectivity index (χ1n) is 7.53. The highest BCUT2D eigenvalue weighted by Gasteiger charge is 2.48. The van der Waals surface area contributed by atoms with Crippen molar-refractivity contribution in [3.05, 3.63) is 71.8 Å². The third kappa shape index (κ3) is 1.70. The predicted octanol–water partition coefficient (Wildman–Crippen LogP) is 2.22. The molecule has 0 aromatic rings. The highest BCUT2D eigenvalue weighted by atomic mass is 15.4. The van der Waals surface area contributed by atoms with Gasteiger partial charge in [0.05, 0.1) is 6.04 Å². The largest absolute Gasteiger partial charge is 0.399 e. The van der Waals surface area contributed by atoms with Gasteiger partial charge in [-0.2, -0.15) is 0 Å². The molecular formula is C18H20N3+. The quantitative estimate of drug-likeness (QED) is 0.746. The molecule has 21 heavy (non-hydrogen) atoms. The highest BCUT2D eigenvalue weighted by Crippen LogP contribution is 2.36. The van der Waals surface area contributed by atoms with Crippen LogP contribution < -0.4 is 5.73 Å². The van der Waals surface area contributed by atoms with Gasteiger partial charge in [-0.1, -0.05) is 12.2 Å². The molecule has 0 saturated heterocycles. The molecule has 2 aliphatic heterocycles. The van der Waals surface area contributed by atoms with Crippen molar-refractivity contribution in [1.82, 2.24) is 4.90 Å². The van der Waals surface area contributed by atoms with Crippen LogP contribution in [0.5, 0.6) is 0 Å². The monoisotopic (exact) mass is 278 g/mol. The molecule has 0 spiro atoms. The second kappa shape index (κ2) is 4.35. The Bertz CT molecular complexity index is 711. The fourth-order valence-corrected chi connectivity index (χ4v) is 3.63. The van der Waals surface area contributed by atoms with Gasteiger partial charge in [-0.25, -0.2) is 9.48 Å². The molecule has 2 N–H and O–H groups in total. The maximum absolute atomic E-state index is 5.94. The third-order valence-corrected chi connectivity index (χ3v) is 4.45. The van der Waals surface area contributed by atoms with Crippen molar-refractivity contribution in [2.24, 2.45) is 5.73 Å². The molecule has 2 unspecified atom stereocenters. The normalized spacial score (nSPS) is 29.1. The smallest absolute Gasteiger partial charge is 0.278 e. The van der Waals surface area contributed by atoms with Crippen molar-refractivity contribution in [1.29, 1.82) is 0 Å². The lowest BCUT2D eigenvalue weighted by Crippen LogP contribution is -2.43. The first-order valence-corrected chi connectivity index (χ1v) is 7.53. The molecule has 0 aromatic carbocycles. The van der Waals surface area contributed by atoms with Crippen LogP contribution in [0, 0.1) is 0 Å². The zero-order chi connectivity index (χ0) is 14.6. The number of hydrogen-bond acceptors (Lipinski definition) is 2. The lowest BCUT2D eigenvalue weighted by atomic mass is 9.94. The molecule has 4 aliphatic rings. The maximum Gasteiger partial charge on any atom is 0.278 e. The van der Waals surface area contributed by atoms with Crippen LogP contribution in [0.2, 0.25) is 0 Å². The molecule has 0 fully saturated rings. The molecule has 0 amide bonds. The summed E-state index contributed by atoms with van der Waals surface area (Å²) in [5, 5.41) is 0. The number of nitrogens with zero attached hydrogens (tertiary/aromatic N) is 2. The van der Waals surface area contributed by atoms with E-state index in [1.807, 2.05) is 6.08 Å². The third-order valence-electron chi connectivity index (χ3n) is 4.45. The van der Waals surface area contributed by atoms with Gasteiger partial charge in [-0.15, -0.1) is 0 Å². The Balaban J connectivity index is 1.88. The molecule has 3 heteroatoms. The predicted molar refractivity (Wildman–Crippen MR) is 85.7 cm³/mol. The topological polar surface area (TPSA) is 32.3 Å². The second-order valence-corrected chi connectivity index (χ2v) is 6.12. The van der Waals surface area contributed by atoms with Crippen LogP contribution >= 0.6 is 0 Å². The van der Waals surface area contributed by atoms with Crippen molar-refractivity contribution in [2.45, 2.75) is 32.0 Å². The number of fused-ring (bicyclic) bond motifs is 5. The molecule has 3 nitrogen and oxygen atoms in total. The Morgan fingerprint density at radius 3 is 2.76 bits per heavy atom. The summed E-state index contributed by atoms with van der Waals surface area (Å²) in [6.45, 7) is 4.49. The van der Waals surface area contributed by atoms with Crippen molar-refractivity contribution >= 4 is 5.71 Å². The van der Waals surface area contributed by atoms with Gasteiger partial charge < -0.3 is 5.73 Å². The van der Waals surface area contributed by atoms with E-state index >= 15 is 0 Å². The molecule has 2 atom stereocenters. The Morgan fingerprint density at radius 1 is 1.10 bits per heavy atom. The van der Waals surface area contributed by atoms with Crippen molar-refractivity contribution in [3.8, 4) is 0 Å². The van der Waals surface area contributed by atoms with Crippen molar-refractivity contribution < 1.29 is 4.58 Å². The van der Waals surface area contributed by atoms with Crippen LogP contribution in [-0.4, -0.2) is 33.3 Å². The van der Waals surface area contributed by atoms with E-state index in [1.165, 1.54) is 17.1 Å². The molecule has 2 aliphatic carbocycles. The molecule has 106 valence electrons. The lowest BCUT2D eigenvalue weighted by Gasteiger charge is -2.31. The molecular weight excluding hydrogens is 258 g/mol. The SMILES string of the molecule is CC(C)[N+]1=C2C=CC=CC2N2C1=CC=C1C=C(N)C=CC12. The molecule has 0 saturated carbocycles. The minimum Gasteiger partial charge on any atom is -0.399 e. The fourth-order valence-electron chi connectivity index (χ4n) is 3.63. The van der Waals surface area contributed by atoms with Gasteiger partial charge in [-0.3, -0.25) is 0 Å². The van der Waals surface area contributed by atoms with Gasteiger partial charge in [0.1, 0.15) is 6.04 Å². The van der Waals surface area contributed by atoms with Gasteiger partial charge in [0.15, 0.2) is 11.8 Å². The minimum atomic E-state index is 0.275. The maximum atomic E-state index is 5.94. The molecule has 0 radical (unpaired) electrons. The van der Waals surface area contributed by atoms with Gasteiger partial charge >= 0.3 is 0 Å². The van der Waals surface area contributed by atoms with E-state index in [-0.39, 0.29) is 6.04 Å². The van der Waals surface area contributed by atoms with Crippen molar-refractivity contribution in [3.63, 3.8) is 0 Å². The van der Waals surface area contributed by atoms with E-state index < -0.39 is 0 Å². The van der Waals surface area contributed by atoms with Gasteiger partial charge in [0.2, 0.25) is 0 Å². The first kappa shape index (κ1) is 12.5. The van der Waals surface area contributed by atoms with Crippen LogP contribution in [0.1, 0.15) is 13.8 Å². The van der Waals surface area contributed by atoms with Crippen LogP contribution in [-0.2, 0) is 0 Å². The lowest BCUT2D eigenvalue weighted by molar-refractivity contribution is -0.516. The Hall–Kier alpha value is -2.29. The van der Waals surface area contributed by atoms with Gasteiger partial charge in [0.25, 0.3) is 5.82 Å². The summed E-state index contributed by atoms with van der Waals surface area (Å²) in [5.74, 6) is 1.29. The van der Waals surface area contributed by atoms with E-state index in [1.54, 1.807) is 0 Å². The Morgan fingerprint density at radius 2 is 1.95 bits per heavy atom. The van der Waals surface area contributed by atoms with Crippen LogP contribution in [0.15, 0.2) is 71.8 Å². The zero-order valence-electron chi connectivity index (χ0n) is 12.4. The standard InChI is InChI=1S/C18H20N3/c1-12(2)20-16-5-3-4-6-17(16)21-15-9-8-14(19)11-13(15)7-10-18(20)21/h3-12,15,17H,19H2,1-2H3/q+1. The fraction of sp³-hybridized carbons (Fsp3) is 0.278. The summed E-state index contributed by atoms with van der Waals surface area (Å²) in [6.07, 6.45) is 19.5.